The number of hydrogen-bond donors (Lipinski definition) is 0. The van der Waals surface area contributed by atoms with Gasteiger partial charge in [0.25, 0.3) is 5.91 Å². The lowest BCUT2D eigenvalue weighted by molar-refractivity contribution is 0.0693. The van der Waals surface area contributed by atoms with E-state index in [1.54, 1.807) is 24.0 Å². The number of piperidine rings is 1. The topological polar surface area (TPSA) is 77.0 Å². The molecule has 1 saturated heterocycles. The lowest BCUT2D eigenvalue weighted by Gasteiger charge is -2.30. The third-order valence-electron chi connectivity index (χ3n) is 5.00. The highest BCUT2D eigenvalue weighted by Gasteiger charge is 2.29. The first-order valence-corrected chi connectivity index (χ1v) is 8.80. The zero-order chi connectivity index (χ0) is 18.1. The molecule has 7 heteroatoms. The summed E-state index contributed by atoms with van der Waals surface area (Å²) in [4.78, 5) is 19.0. The molecule has 0 spiro atoms. The molecule has 7 nitrogen and oxygen atoms in total. The van der Waals surface area contributed by atoms with Crippen molar-refractivity contribution in [3.8, 4) is 11.4 Å². The summed E-state index contributed by atoms with van der Waals surface area (Å²) in [7, 11) is 1.78. The monoisotopic (exact) mass is 351 g/mol. The second kappa shape index (κ2) is 6.74. The minimum absolute atomic E-state index is 0.0228. The number of aryl methyl sites for hydroxylation is 2. The van der Waals surface area contributed by atoms with E-state index in [1.807, 2.05) is 36.1 Å². The largest absolute Gasteiger partial charge is 0.339 e. The molecule has 1 fully saturated rings. The first-order valence-electron chi connectivity index (χ1n) is 8.80. The zero-order valence-corrected chi connectivity index (χ0v) is 14.9. The number of aromatic nitrogens is 4. The number of carbonyl (C=O) groups is 1. The first kappa shape index (κ1) is 16.5. The van der Waals surface area contributed by atoms with Gasteiger partial charge < -0.3 is 9.42 Å². The second-order valence-electron chi connectivity index (χ2n) is 6.68. The van der Waals surface area contributed by atoms with Gasteiger partial charge in [0.15, 0.2) is 0 Å². The quantitative estimate of drug-likeness (QED) is 0.725. The fourth-order valence-corrected chi connectivity index (χ4v) is 3.41. The number of amides is 1. The Bertz CT molecular complexity index is 921. The van der Waals surface area contributed by atoms with Crippen molar-refractivity contribution in [1.29, 1.82) is 0 Å². The summed E-state index contributed by atoms with van der Waals surface area (Å²) in [6.45, 7) is 3.39. The van der Waals surface area contributed by atoms with Gasteiger partial charge in [-0.05, 0) is 31.4 Å². The van der Waals surface area contributed by atoms with E-state index in [0.29, 0.717) is 30.5 Å². The number of rotatable bonds is 3. The summed E-state index contributed by atoms with van der Waals surface area (Å²) in [6, 6.07) is 9.75. The third kappa shape index (κ3) is 3.00. The van der Waals surface area contributed by atoms with Crippen LogP contribution in [0.15, 0.2) is 41.1 Å². The van der Waals surface area contributed by atoms with E-state index >= 15 is 0 Å². The van der Waals surface area contributed by atoms with Crippen LogP contribution in [0, 0.1) is 6.92 Å². The Kier molecular flexibility index (Phi) is 4.28. The van der Waals surface area contributed by atoms with Crippen molar-refractivity contribution in [1.82, 2.24) is 24.8 Å². The minimum Gasteiger partial charge on any atom is -0.339 e. The van der Waals surface area contributed by atoms with Gasteiger partial charge in [0.05, 0.1) is 0 Å². The van der Waals surface area contributed by atoms with Crippen LogP contribution in [0.4, 0.5) is 0 Å². The Hall–Kier alpha value is -2.96. The van der Waals surface area contributed by atoms with Crippen molar-refractivity contribution in [2.45, 2.75) is 25.7 Å². The molecule has 1 aliphatic heterocycles. The molecule has 0 N–H and O–H groups in total. The predicted molar refractivity (Wildman–Crippen MR) is 95.6 cm³/mol. The Morgan fingerprint density at radius 2 is 1.96 bits per heavy atom. The van der Waals surface area contributed by atoms with E-state index in [-0.39, 0.29) is 11.8 Å². The molecule has 1 amide bonds. The SMILES string of the molecule is Cc1ccccc1-c1noc(C2CCN(C(=O)c3ccnn3C)CC2)n1. The van der Waals surface area contributed by atoms with E-state index in [4.69, 9.17) is 4.52 Å². The van der Waals surface area contributed by atoms with Gasteiger partial charge in [-0.25, -0.2) is 0 Å². The van der Waals surface area contributed by atoms with Crippen LogP contribution in [-0.4, -0.2) is 43.8 Å². The van der Waals surface area contributed by atoms with Crippen molar-refractivity contribution in [3.63, 3.8) is 0 Å². The van der Waals surface area contributed by atoms with E-state index in [2.05, 4.69) is 15.2 Å². The van der Waals surface area contributed by atoms with E-state index in [0.717, 1.165) is 24.0 Å². The smallest absolute Gasteiger partial charge is 0.272 e. The summed E-state index contributed by atoms with van der Waals surface area (Å²) < 4.78 is 7.13. The van der Waals surface area contributed by atoms with Gasteiger partial charge in [-0.3, -0.25) is 9.48 Å². The molecule has 4 rings (SSSR count). The van der Waals surface area contributed by atoms with Crippen molar-refractivity contribution < 1.29 is 9.32 Å². The predicted octanol–water partition coefficient (Wildman–Crippen LogP) is 2.80. The number of carbonyl (C=O) groups excluding carboxylic acids is 1. The molecule has 0 bridgehead atoms. The second-order valence-corrected chi connectivity index (χ2v) is 6.68. The van der Waals surface area contributed by atoms with Crippen LogP contribution >= 0.6 is 0 Å². The van der Waals surface area contributed by atoms with Crippen molar-refractivity contribution in [3.05, 3.63) is 53.7 Å². The number of benzene rings is 1. The van der Waals surface area contributed by atoms with E-state index in [1.165, 1.54) is 0 Å². The van der Waals surface area contributed by atoms with Crippen molar-refractivity contribution >= 4 is 5.91 Å². The van der Waals surface area contributed by atoms with E-state index < -0.39 is 0 Å². The van der Waals surface area contributed by atoms with Gasteiger partial charge in [-0.2, -0.15) is 10.1 Å². The maximum Gasteiger partial charge on any atom is 0.272 e. The average Bonchev–Trinajstić information content (AvgIpc) is 3.31. The summed E-state index contributed by atoms with van der Waals surface area (Å²) >= 11 is 0. The summed E-state index contributed by atoms with van der Waals surface area (Å²) in [5.41, 5.74) is 2.73. The molecular formula is C19H21N5O2. The molecule has 0 atom stereocenters. The number of nitrogens with zero attached hydrogens (tertiary/aromatic N) is 5. The lowest BCUT2D eigenvalue weighted by atomic mass is 9.96. The fourth-order valence-electron chi connectivity index (χ4n) is 3.41. The third-order valence-corrected chi connectivity index (χ3v) is 5.00. The van der Waals surface area contributed by atoms with Crippen molar-refractivity contribution in [2.75, 3.05) is 13.1 Å². The van der Waals surface area contributed by atoms with Crippen LogP contribution in [0.3, 0.4) is 0 Å². The van der Waals surface area contributed by atoms with Crippen LogP contribution in [0.2, 0.25) is 0 Å². The van der Waals surface area contributed by atoms with Gasteiger partial charge >= 0.3 is 0 Å². The van der Waals surface area contributed by atoms with Crippen molar-refractivity contribution in [2.24, 2.45) is 7.05 Å². The summed E-state index contributed by atoms with van der Waals surface area (Å²) in [5.74, 6) is 1.51. The Morgan fingerprint density at radius 3 is 2.65 bits per heavy atom. The molecule has 0 unspecified atom stereocenters. The molecule has 1 aromatic carbocycles. The average molecular weight is 351 g/mol. The van der Waals surface area contributed by atoms with Gasteiger partial charge in [0, 0.05) is 37.8 Å². The van der Waals surface area contributed by atoms with E-state index in [9.17, 15) is 4.79 Å². The summed E-state index contributed by atoms with van der Waals surface area (Å²) in [6.07, 6.45) is 3.28. The van der Waals surface area contributed by atoms with Gasteiger partial charge in [-0.1, -0.05) is 29.4 Å². The minimum atomic E-state index is 0.0228. The Morgan fingerprint density at radius 1 is 1.19 bits per heavy atom. The number of hydrogen-bond acceptors (Lipinski definition) is 5. The molecule has 26 heavy (non-hydrogen) atoms. The first-order chi connectivity index (χ1) is 12.6. The fraction of sp³-hybridized carbons (Fsp3) is 0.368. The Balaban J connectivity index is 1.43. The molecule has 0 radical (unpaired) electrons. The molecule has 0 saturated carbocycles. The van der Waals surface area contributed by atoms with Crippen LogP contribution in [0.5, 0.6) is 0 Å². The van der Waals surface area contributed by atoms with Gasteiger partial charge in [0.2, 0.25) is 11.7 Å². The molecule has 3 aromatic rings. The molecule has 0 aliphatic carbocycles. The van der Waals surface area contributed by atoms with Crippen LogP contribution in [0.1, 0.15) is 40.7 Å². The highest BCUT2D eigenvalue weighted by atomic mass is 16.5. The maximum atomic E-state index is 12.6. The molecule has 1 aliphatic rings. The van der Waals surface area contributed by atoms with Gasteiger partial charge in [-0.15, -0.1) is 0 Å². The normalized spacial score (nSPS) is 15.4. The zero-order valence-electron chi connectivity index (χ0n) is 14.9. The van der Waals surface area contributed by atoms with Crippen LogP contribution in [0.25, 0.3) is 11.4 Å². The van der Waals surface area contributed by atoms with Gasteiger partial charge in [0.1, 0.15) is 5.69 Å². The highest BCUT2D eigenvalue weighted by Crippen LogP contribution is 2.29. The lowest BCUT2D eigenvalue weighted by Crippen LogP contribution is -2.38. The number of likely N-dealkylation sites (tertiary alicyclic amines) is 1. The molecule has 3 heterocycles. The van der Waals surface area contributed by atoms with Crippen LogP contribution < -0.4 is 0 Å². The molecular weight excluding hydrogens is 330 g/mol. The molecule has 134 valence electrons. The Labute approximate surface area is 151 Å². The molecule has 2 aromatic heterocycles. The van der Waals surface area contributed by atoms with Crippen LogP contribution in [-0.2, 0) is 7.05 Å². The highest BCUT2D eigenvalue weighted by molar-refractivity contribution is 5.92. The summed E-state index contributed by atoms with van der Waals surface area (Å²) in [5, 5.41) is 8.22. The standard InChI is InChI=1S/C19H21N5O2/c1-13-5-3-4-6-15(13)17-21-18(26-22-17)14-8-11-24(12-9-14)19(25)16-7-10-20-23(16)2/h3-7,10,14H,8-9,11-12H2,1-2H3. The maximum absolute atomic E-state index is 12.6.